The summed E-state index contributed by atoms with van der Waals surface area (Å²) in [6, 6.07) is 8.61. The van der Waals surface area contributed by atoms with E-state index in [1.165, 1.54) is 16.7 Å². The highest BCUT2D eigenvalue weighted by Gasteiger charge is 1.93. The van der Waals surface area contributed by atoms with Gasteiger partial charge >= 0.3 is 0 Å². The molecule has 0 heterocycles. The Balaban J connectivity index is 2.74. The van der Waals surface area contributed by atoms with Crippen LogP contribution in [0.1, 0.15) is 18.1 Å². The van der Waals surface area contributed by atoms with Crippen LogP contribution in [-0.2, 0) is 6.42 Å². The van der Waals surface area contributed by atoms with Crippen LogP contribution < -0.4 is 0 Å². The third-order valence-corrected chi connectivity index (χ3v) is 1.97. The average Bonchev–Trinajstić information content (AvgIpc) is 2.04. The van der Waals surface area contributed by atoms with Gasteiger partial charge in [0.05, 0.1) is 0 Å². The van der Waals surface area contributed by atoms with E-state index in [-0.39, 0.29) is 0 Å². The van der Waals surface area contributed by atoms with Crippen molar-refractivity contribution in [3.63, 3.8) is 0 Å². The second-order valence-corrected chi connectivity index (χ2v) is 3.41. The zero-order valence-corrected chi connectivity index (χ0v) is 8.38. The number of aryl methyl sites for hydroxylation is 1. The maximum Gasteiger partial charge on any atom is -0.00667 e. The van der Waals surface area contributed by atoms with Crippen LogP contribution in [-0.4, -0.2) is 0 Å². The summed E-state index contributed by atoms with van der Waals surface area (Å²) in [6.07, 6.45) is 4.92. The SMILES string of the molecule is C=CC=C(C)Cc1cccc(C)c1. The minimum atomic E-state index is 1.02. The second kappa shape index (κ2) is 4.66. The molecule has 0 radical (unpaired) electrons. The molecule has 1 aromatic carbocycles. The van der Waals surface area contributed by atoms with E-state index in [2.05, 4.69) is 50.8 Å². The molecule has 0 unspecified atom stereocenters. The van der Waals surface area contributed by atoms with Crippen LogP contribution in [0.5, 0.6) is 0 Å². The van der Waals surface area contributed by atoms with E-state index in [1.807, 2.05) is 6.08 Å². The van der Waals surface area contributed by atoms with Gasteiger partial charge in [-0.2, -0.15) is 0 Å². The highest BCUT2D eigenvalue weighted by atomic mass is 14.0. The van der Waals surface area contributed by atoms with E-state index in [1.54, 1.807) is 0 Å². The quantitative estimate of drug-likeness (QED) is 0.610. The van der Waals surface area contributed by atoms with Crippen molar-refractivity contribution in [2.45, 2.75) is 20.3 Å². The normalized spacial score (nSPS) is 11.4. The smallest absolute Gasteiger partial charge is 0.00667 e. The van der Waals surface area contributed by atoms with Gasteiger partial charge in [0.2, 0.25) is 0 Å². The molecule has 0 aliphatic rings. The molecule has 0 bridgehead atoms. The summed E-state index contributed by atoms with van der Waals surface area (Å²) >= 11 is 0. The van der Waals surface area contributed by atoms with Gasteiger partial charge in [0.1, 0.15) is 0 Å². The highest BCUT2D eigenvalue weighted by Crippen LogP contribution is 2.09. The molecule has 0 amide bonds. The monoisotopic (exact) mass is 172 g/mol. The first-order valence-electron chi connectivity index (χ1n) is 4.56. The minimum Gasteiger partial charge on any atom is -0.0991 e. The molecule has 0 nitrogen and oxygen atoms in total. The van der Waals surface area contributed by atoms with E-state index in [4.69, 9.17) is 0 Å². The maximum absolute atomic E-state index is 3.68. The molecule has 0 aromatic heterocycles. The molecule has 1 aromatic rings. The van der Waals surface area contributed by atoms with Crippen LogP contribution in [0.4, 0.5) is 0 Å². The summed E-state index contributed by atoms with van der Waals surface area (Å²) in [5, 5.41) is 0. The van der Waals surface area contributed by atoms with Gasteiger partial charge in [0, 0.05) is 0 Å². The van der Waals surface area contributed by atoms with Crippen molar-refractivity contribution in [2.75, 3.05) is 0 Å². The first kappa shape index (κ1) is 9.79. The molecular formula is C13H16. The van der Waals surface area contributed by atoms with Gasteiger partial charge in [0.25, 0.3) is 0 Å². The third-order valence-electron chi connectivity index (χ3n) is 1.97. The summed E-state index contributed by atoms with van der Waals surface area (Å²) in [5.41, 5.74) is 4.04. The zero-order chi connectivity index (χ0) is 9.68. The van der Waals surface area contributed by atoms with Gasteiger partial charge in [-0.1, -0.05) is 54.1 Å². The number of hydrogen-bond donors (Lipinski definition) is 0. The van der Waals surface area contributed by atoms with E-state index < -0.39 is 0 Å². The van der Waals surface area contributed by atoms with E-state index in [0.717, 1.165) is 6.42 Å². The average molecular weight is 172 g/mol. The molecular weight excluding hydrogens is 156 g/mol. The van der Waals surface area contributed by atoms with Crippen LogP contribution >= 0.6 is 0 Å². The molecule has 0 saturated heterocycles. The Hall–Kier alpha value is -1.30. The van der Waals surface area contributed by atoms with Gasteiger partial charge in [-0.3, -0.25) is 0 Å². The lowest BCUT2D eigenvalue weighted by Gasteiger charge is -2.01. The first-order chi connectivity index (χ1) is 6.22. The standard InChI is InChI=1S/C13H16/c1-4-6-11(2)9-13-8-5-7-12(3)10-13/h4-8,10H,1,9H2,2-3H3. The Kier molecular flexibility index (Phi) is 3.51. The molecule has 0 N–H and O–H groups in total. The number of rotatable bonds is 3. The Morgan fingerprint density at radius 2 is 2.23 bits per heavy atom. The molecule has 0 aliphatic carbocycles. The fourth-order valence-corrected chi connectivity index (χ4v) is 1.40. The molecule has 0 aliphatic heterocycles. The predicted molar refractivity (Wildman–Crippen MR) is 58.8 cm³/mol. The zero-order valence-electron chi connectivity index (χ0n) is 8.38. The van der Waals surface area contributed by atoms with Crippen LogP contribution in [0.2, 0.25) is 0 Å². The molecule has 1 rings (SSSR count). The van der Waals surface area contributed by atoms with Crippen molar-refractivity contribution in [3.8, 4) is 0 Å². The lowest BCUT2D eigenvalue weighted by atomic mass is 10.0. The first-order valence-corrected chi connectivity index (χ1v) is 4.56. The van der Waals surface area contributed by atoms with Gasteiger partial charge in [0.15, 0.2) is 0 Å². The molecule has 0 fully saturated rings. The fraction of sp³-hybridized carbons (Fsp3) is 0.231. The van der Waals surface area contributed by atoms with Gasteiger partial charge in [-0.05, 0) is 25.8 Å². The van der Waals surface area contributed by atoms with Gasteiger partial charge in [-0.25, -0.2) is 0 Å². The van der Waals surface area contributed by atoms with Crippen molar-refractivity contribution in [1.29, 1.82) is 0 Å². The topological polar surface area (TPSA) is 0 Å². The molecule has 0 spiro atoms. The van der Waals surface area contributed by atoms with Crippen molar-refractivity contribution in [3.05, 3.63) is 59.7 Å². The number of allylic oxidation sites excluding steroid dienone is 3. The van der Waals surface area contributed by atoms with Gasteiger partial charge in [-0.15, -0.1) is 0 Å². The van der Waals surface area contributed by atoms with Crippen LogP contribution in [0.15, 0.2) is 48.6 Å². The summed E-state index contributed by atoms with van der Waals surface area (Å²) in [5.74, 6) is 0. The second-order valence-electron chi connectivity index (χ2n) is 3.41. The van der Waals surface area contributed by atoms with E-state index in [0.29, 0.717) is 0 Å². The van der Waals surface area contributed by atoms with Crippen molar-refractivity contribution >= 4 is 0 Å². The van der Waals surface area contributed by atoms with Crippen LogP contribution in [0.3, 0.4) is 0 Å². The fourth-order valence-electron chi connectivity index (χ4n) is 1.40. The Morgan fingerprint density at radius 3 is 2.85 bits per heavy atom. The predicted octanol–water partition coefficient (Wildman–Crippen LogP) is 3.67. The molecule has 13 heavy (non-hydrogen) atoms. The van der Waals surface area contributed by atoms with E-state index in [9.17, 15) is 0 Å². The molecule has 0 saturated carbocycles. The summed E-state index contributed by atoms with van der Waals surface area (Å²) in [7, 11) is 0. The Bertz CT molecular complexity index is 319. The van der Waals surface area contributed by atoms with Crippen molar-refractivity contribution in [1.82, 2.24) is 0 Å². The molecule has 68 valence electrons. The highest BCUT2D eigenvalue weighted by molar-refractivity contribution is 5.26. The van der Waals surface area contributed by atoms with Crippen molar-refractivity contribution in [2.24, 2.45) is 0 Å². The lowest BCUT2D eigenvalue weighted by Crippen LogP contribution is -1.86. The number of benzene rings is 1. The summed E-state index contributed by atoms with van der Waals surface area (Å²) in [6.45, 7) is 7.93. The van der Waals surface area contributed by atoms with Crippen LogP contribution in [0.25, 0.3) is 0 Å². The van der Waals surface area contributed by atoms with Crippen molar-refractivity contribution < 1.29 is 0 Å². The maximum atomic E-state index is 3.68. The number of hydrogen-bond acceptors (Lipinski definition) is 0. The molecule has 0 heteroatoms. The Morgan fingerprint density at radius 1 is 1.46 bits per heavy atom. The molecule has 0 atom stereocenters. The Labute approximate surface area is 80.6 Å². The summed E-state index contributed by atoms with van der Waals surface area (Å²) < 4.78 is 0. The largest absolute Gasteiger partial charge is 0.0991 e. The van der Waals surface area contributed by atoms with Gasteiger partial charge < -0.3 is 0 Å². The third kappa shape index (κ3) is 3.29. The van der Waals surface area contributed by atoms with Crippen LogP contribution in [0, 0.1) is 6.92 Å². The lowest BCUT2D eigenvalue weighted by molar-refractivity contribution is 1.14. The minimum absolute atomic E-state index is 1.02. The van der Waals surface area contributed by atoms with E-state index >= 15 is 0 Å². The summed E-state index contributed by atoms with van der Waals surface area (Å²) in [4.78, 5) is 0.